The zero-order valence-corrected chi connectivity index (χ0v) is 12.0. The van der Waals surface area contributed by atoms with Crippen LogP contribution in [0.3, 0.4) is 0 Å². The second-order valence-electron chi connectivity index (χ2n) is 4.36. The van der Waals surface area contributed by atoms with Gasteiger partial charge in [-0.15, -0.1) is 0 Å². The van der Waals surface area contributed by atoms with Crippen molar-refractivity contribution in [1.29, 1.82) is 0 Å². The summed E-state index contributed by atoms with van der Waals surface area (Å²) in [5.41, 5.74) is 1.52. The minimum Gasteiger partial charge on any atom is -0.481 e. The zero-order chi connectivity index (χ0) is 15.3. The van der Waals surface area contributed by atoms with E-state index in [0.717, 1.165) is 11.3 Å². The molecular weight excluding hydrogens is 294 g/mol. The number of nitrogens with one attached hydrogen (secondary N) is 1. The van der Waals surface area contributed by atoms with E-state index in [9.17, 15) is 13.2 Å². The summed E-state index contributed by atoms with van der Waals surface area (Å²) in [5.74, 6) is -1.58. The van der Waals surface area contributed by atoms with Gasteiger partial charge in [0.25, 0.3) is 0 Å². The molecule has 0 fully saturated rings. The van der Waals surface area contributed by atoms with E-state index in [0.29, 0.717) is 0 Å². The maximum absolute atomic E-state index is 11.7. The van der Waals surface area contributed by atoms with Crippen LogP contribution in [0.2, 0.25) is 0 Å². The lowest BCUT2D eigenvalue weighted by Gasteiger charge is -2.10. The first kappa shape index (κ1) is 15.2. The summed E-state index contributed by atoms with van der Waals surface area (Å²) < 4.78 is 27.5. The lowest BCUT2D eigenvalue weighted by Crippen LogP contribution is -2.27. The molecule has 1 aromatic heterocycles. The largest absolute Gasteiger partial charge is 0.481 e. The van der Waals surface area contributed by atoms with Crippen molar-refractivity contribution in [2.75, 3.05) is 5.75 Å². The van der Waals surface area contributed by atoms with Crippen LogP contribution in [-0.4, -0.2) is 35.0 Å². The van der Waals surface area contributed by atoms with Crippen molar-refractivity contribution in [3.63, 3.8) is 0 Å². The predicted molar refractivity (Wildman–Crippen MR) is 76.4 cm³/mol. The van der Waals surface area contributed by atoms with Gasteiger partial charge in [-0.2, -0.15) is 5.10 Å². The van der Waals surface area contributed by atoms with Crippen LogP contribution in [0.15, 0.2) is 42.7 Å². The maximum atomic E-state index is 11.7. The molecule has 112 valence electrons. The van der Waals surface area contributed by atoms with Gasteiger partial charge in [0, 0.05) is 18.9 Å². The number of carboxylic acid groups (broad SMARTS) is 1. The number of para-hydroxylation sites is 1. The molecule has 2 aromatic rings. The standard InChI is InChI=1S/C13H15N3O4S/c17-13(18)6-9-21(19,20)15-10-11-4-1-2-5-12(11)16-8-3-7-14-16/h1-5,7-8,15H,6,9-10H2,(H,17,18). The van der Waals surface area contributed by atoms with Crippen molar-refractivity contribution in [3.8, 4) is 5.69 Å². The van der Waals surface area contributed by atoms with Gasteiger partial charge in [0.2, 0.25) is 10.0 Å². The Kier molecular flexibility index (Phi) is 4.71. The zero-order valence-electron chi connectivity index (χ0n) is 11.1. The van der Waals surface area contributed by atoms with Crippen LogP contribution in [0.4, 0.5) is 0 Å². The molecule has 0 radical (unpaired) electrons. The quantitative estimate of drug-likeness (QED) is 0.786. The van der Waals surface area contributed by atoms with E-state index >= 15 is 0 Å². The van der Waals surface area contributed by atoms with Gasteiger partial charge in [-0.1, -0.05) is 18.2 Å². The summed E-state index contributed by atoms with van der Waals surface area (Å²) in [4.78, 5) is 10.4. The number of aromatic nitrogens is 2. The number of nitrogens with zero attached hydrogens (tertiary/aromatic N) is 2. The van der Waals surface area contributed by atoms with Crippen LogP contribution in [0, 0.1) is 0 Å². The molecule has 2 N–H and O–H groups in total. The van der Waals surface area contributed by atoms with Gasteiger partial charge in [-0.3, -0.25) is 4.79 Å². The highest BCUT2D eigenvalue weighted by atomic mass is 32.2. The first-order valence-electron chi connectivity index (χ1n) is 6.25. The Morgan fingerprint density at radius 3 is 2.71 bits per heavy atom. The third-order valence-electron chi connectivity index (χ3n) is 2.81. The Labute approximate surface area is 122 Å². The number of aliphatic carboxylic acids is 1. The molecule has 0 saturated carbocycles. The van der Waals surface area contributed by atoms with Crippen molar-refractivity contribution in [2.24, 2.45) is 0 Å². The van der Waals surface area contributed by atoms with Gasteiger partial charge in [-0.05, 0) is 17.7 Å². The highest BCUT2D eigenvalue weighted by Crippen LogP contribution is 2.13. The smallest absolute Gasteiger partial charge is 0.304 e. The van der Waals surface area contributed by atoms with Crippen LogP contribution in [-0.2, 0) is 21.4 Å². The van der Waals surface area contributed by atoms with Crippen molar-refractivity contribution in [1.82, 2.24) is 14.5 Å². The third-order valence-corrected chi connectivity index (χ3v) is 4.14. The molecule has 8 heteroatoms. The molecule has 0 saturated heterocycles. The van der Waals surface area contributed by atoms with E-state index in [1.165, 1.54) is 0 Å². The topological polar surface area (TPSA) is 101 Å². The second kappa shape index (κ2) is 6.51. The Balaban J connectivity index is 2.09. The highest BCUT2D eigenvalue weighted by Gasteiger charge is 2.13. The molecule has 7 nitrogen and oxygen atoms in total. The van der Waals surface area contributed by atoms with Crippen molar-refractivity contribution < 1.29 is 18.3 Å². The Bertz CT molecular complexity index is 711. The summed E-state index contributed by atoms with van der Waals surface area (Å²) in [6.07, 6.45) is 2.97. The van der Waals surface area contributed by atoms with Crippen molar-refractivity contribution >= 4 is 16.0 Å². The van der Waals surface area contributed by atoms with Gasteiger partial charge in [-0.25, -0.2) is 17.8 Å². The molecule has 0 amide bonds. The van der Waals surface area contributed by atoms with Gasteiger partial charge < -0.3 is 5.11 Å². The summed E-state index contributed by atoms with van der Waals surface area (Å²) in [6.45, 7) is 0.0813. The summed E-state index contributed by atoms with van der Waals surface area (Å²) in [5, 5.41) is 12.6. The van der Waals surface area contributed by atoms with E-state index in [1.54, 1.807) is 35.3 Å². The Hall–Kier alpha value is -2.19. The molecule has 2 rings (SSSR count). The minimum absolute atomic E-state index is 0.0813. The molecule has 0 aliphatic heterocycles. The average molecular weight is 309 g/mol. The first-order valence-corrected chi connectivity index (χ1v) is 7.90. The van der Waals surface area contributed by atoms with Gasteiger partial charge in [0.15, 0.2) is 0 Å². The average Bonchev–Trinajstić information content (AvgIpc) is 2.98. The van der Waals surface area contributed by atoms with Crippen LogP contribution < -0.4 is 4.72 Å². The molecule has 1 heterocycles. The molecule has 0 aliphatic carbocycles. The van der Waals surface area contributed by atoms with E-state index in [-0.39, 0.29) is 6.54 Å². The molecule has 0 bridgehead atoms. The summed E-state index contributed by atoms with van der Waals surface area (Å²) >= 11 is 0. The van der Waals surface area contributed by atoms with Crippen molar-refractivity contribution in [2.45, 2.75) is 13.0 Å². The van der Waals surface area contributed by atoms with Crippen LogP contribution >= 0.6 is 0 Å². The summed E-state index contributed by atoms with van der Waals surface area (Å²) in [7, 11) is -3.62. The lowest BCUT2D eigenvalue weighted by molar-refractivity contribution is -0.136. The van der Waals surface area contributed by atoms with Crippen molar-refractivity contribution in [3.05, 3.63) is 48.3 Å². The molecule has 21 heavy (non-hydrogen) atoms. The molecule has 0 atom stereocenters. The highest BCUT2D eigenvalue weighted by molar-refractivity contribution is 7.89. The van der Waals surface area contributed by atoms with Gasteiger partial charge in [0.1, 0.15) is 0 Å². The third kappa shape index (κ3) is 4.40. The molecule has 1 aromatic carbocycles. The number of hydrogen-bond acceptors (Lipinski definition) is 4. The van der Waals surface area contributed by atoms with E-state index in [4.69, 9.17) is 5.11 Å². The number of hydrogen-bond donors (Lipinski definition) is 2. The van der Waals surface area contributed by atoms with Gasteiger partial charge >= 0.3 is 5.97 Å². The summed E-state index contributed by atoms with van der Waals surface area (Å²) in [6, 6.07) is 9.02. The monoisotopic (exact) mass is 309 g/mol. The SMILES string of the molecule is O=C(O)CCS(=O)(=O)NCc1ccccc1-n1cccn1. The van der Waals surface area contributed by atoms with Crippen LogP contribution in [0.1, 0.15) is 12.0 Å². The second-order valence-corrected chi connectivity index (χ2v) is 6.29. The normalized spacial score (nSPS) is 11.4. The predicted octanol–water partition coefficient (Wildman–Crippen LogP) is 0.766. The lowest BCUT2D eigenvalue weighted by atomic mass is 10.2. The van der Waals surface area contributed by atoms with E-state index in [2.05, 4.69) is 9.82 Å². The van der Waals surface area contributed by atoms with Gasteiger partial charge in [0.05, 0.1) is 17.9 Å². The fourth-order valence-corrected chi connectivity index (χ4v) is 2.74. The maximum Gasteiger partial charge on any atom is 0.304 e. The number of sulfonamides is 1. The first-order chi connectivity index (χ1) is 9.98. The number of rotatable bonds is 7. The number of carbonyl (C=O) groups is 1. The van der Waals surface area contributed by atoms with Crippen LogP contribution in [0.5, 0.6) is 0 Å². The van der Waals surface area contributed by atoms with E-state index < -0.39 is 28.2 Å². The van der Waals surface area contributed by atoms with E-state index in [1.807, 2.05) is 12.1 Å². The fraction of sp³-hybridized carbons (Fsp3) is 0.231. The molecular formula is C13H15N3O4S. The number of benzene rings is 1. The Morgan fingerprint density at radius 1 is 1.29 bits per heavy atom. The number of carboxylic acids is 1. The fourth-order valence-electron chi connectivity index (χ4n) is 1.78. The van der Waals surface area contributed by atoms with Crippen LogP contribution in [0.25, 0.3) is 5.69 Å². The minimum atomic E-state index is -3.62. The molecule has 0 aliphatic rings. The molecule has 0 spiro atoms. The Morgan fingerprint density at radius 2 is 2.05 bits per heavy atom. The molecule has 0 unspecified atom stereocenters.